The molecule has 0 saturated carbocycles. The van der Waals surface area contributed by atoms with Gasteiger partial charge in [-0.25, -0.2) is 4.79 Å². The van der Waals surface area contributed by atoms with Crippen molar-refractivity contribution in [2.45, 2.75) is 122 Å². The number of thioether (sulfide) groups is 1. The maximum absolute atomic E-state index is 13.7. The van der Waals surface area contributed by atoms with Crippen molar-refractivity contribution in [2.75, 3.05) is 18.6 Å². The molecule has 0 radical (unpaired) electrons. The summed E-state index contributed by atoms with van der Waals surface area (Å²) in [6.07, 6.45) is 1.74. The van der Waals surface area contributed by atoms with Gasteiger partial charge in [0.25, 0.3) is 0 Å². The molecule has 0 aromatic rings. The summed E-state index contributed by atoms with van der Waals surface area (Å²) in [4.78, 5) is 101. The summed E-state index contributed by atoms with van der Waals surface area (Å²) >= 11 is 1.37. The number of aliphatic carboxylic acids is 2. The van der Waals surface area contributed by atoms with Gasteiger partial charge in [-0.1, -0.05) is 27.7 Å². The van der Waals surface area contributed by atoms with E-state index in [4.69, 9.17) is 17.2 Å². The quantitative estimate of drug-likeness (QED) is 0.0430. The monoisotopic (exact) mass is 746 g/mol. The smallest absolute Gasteiger partial charge is 0.326 e. The van der Waals surface area contributed by atoms with Crippen molar-refractivity contribution in [1.29, 1.82) is 0 Å². The van der Waals surface area contributed by atoms with Gasteiger partial charge >= 0.3 is 11.9 Å². The summed E-state index contributed by atoms with van der Waals surface area (Å²) in [5.74, 6) is -7.32. The molecule has 0 aliphatic heterocycles. The molecule has 292 valence electrons. The molecule has 51 heavy (non-hydrogen) atoms. The third kappa shape index (κ3) is 20.5. The van der Waals surface area contributed by atoms with Crippen molar-refractivity contribution in [3.63, 3.8) is 0 Å². The molecular formula is C32H58N8O10S. The van der Waals surface area contributed by atoms with Gasteiger partial charge in [0.15, 0.2) is 0 Å². The van der Waals surface area contributed by atoms with E-state index in [0.29, 0.717) is 18.6 Å². The van der Waals surface area contributed by atoms with Gasteiger partial charge < -0.3 is 54.0 Å². The number of unbranched alkanes of at least 4 members (excludes halogenated alkanes) is 1. The van der Waals surface area contributed by atoms with E-state index in [2.05, 4.69) is 26.6 Å². The van der Waals surface area contributed by atoms with Gasteiger partial charge in [-0.3, -0.25) is 33.6 Å². The molecule has 0 heterocycles. The van der Waals surface area contributed by atoms with Crippen LogP contribution in [-0.4, -0.2) is 112 Å². The number of hydrogen-bond donors (Lipinski definition) is 10. The highest BCUT2D eigenvalue weighted by atomic mass is 32.2. The van der Waals surface area contributed by atoms with Gasteiger partial charge in [-0.15, -0.1) is 0 Å². The van der Waals surface area contributed by atoms with E-state index in [9.17, 15) is 48.6 Å². The van der Waals surface area contributed by atoms with Gasteiger partial charge in [0.2, 0.25) is 35.4 Å². The summed E-state index contributed by atoms with van der Waals surface area (Å²) in [5.41, 5.74) is 16.8. The number of amides is 6. The van der Waals surface area contributed by atoms with Crippen LogP contribution >= 0.6 is 11.8 Å². The van der Waals surface area contributed by atoms with E-state index in [1.807, 2.05) is 13.8 Å². The highest BCUT2D eigenvalue weighted by Crippen LogP contribution is 2.11. The Labute approximate surface area is 303 Å². The van der Waals surface area contributed by atoms with E-state index < -0.39 is 90.1 Å². The zero-order valence-corrected chi connectivity index (χ0v) is 31.0. The third-order valence-electron chi connectivity index (χ3n) is 7.53. The number of carboxylic acid groups (broad SMARTS) is 2. The number of nitrogens with one attached hydrogen (secondary N) is 5. The second-order valence-corrected chi connectivity index (χ2v) is 14.2. The van der Waals surface area contributed by atoms with Crippen molar-refractivity contribution in [2.24, 2.45) is 29.0 Å². The van der Waals surface area contributed by atoms with E-state index in [1.54, 1.807) is 20.1 Å². The average Bonchev–Trinajstić information content (AvgIpc) is 3.02. The lowest BCUT2D eigenvalue weighted by Crippen LogP contribution is -2.59. The fourth-order valence-corrected chi connectivity index (χ4v) is 5.35. The van der Waals surface area contributed by atoms with Crippen LogP contribution in [0.4, 0.5) is 0 Å². The van der Waals surface area contributed by atoms with Crippen molar-refractivity contribution in [3.8, 4) is 0 Å². The zero-order chi connectivity index (χ0) is 39.3. The fourth-order valence-electron chi connectivity index (χ4n) is 4.88. The molecule has 0 aromatic carbocycles. The highest BCUT2D eigenvalue weighted by molar-refractivity contribution is 7.98. The summed E-state index contributed by atoms with van der Waals surface area (Å²) in [7, 11) is 0. The normalized spacial score (nSPS) is 14.7. The number of carbonyl (C=O) groups excluding carboxylic acids is 6. The Kier molecular flexibility index (Phi) is 23.1. The Morgan fingerprint density at radius 1 is 0.627 bits per heavy atom. The molecule has 0 aliphatic rings. The van der Waals surface area contributed by atoms with E-state index in [-0.39, 0.29) is 56.9 Å². The van der Waals surface area contributed by atoms with E-state index in [1.165, 1.54) is 11.8 Å². The molecule has 0 aliphatic carbocycles. The minimum Gasteiger partial charge on any atom is -0.481 e. The van der Waals surface area contributed by atoms with Crippen LogP contribution in [-0.2, 0) is 38.4 Å². The van der Waals surface area contributed by atoms with Crippen LogP contribution in [0.1, 0.15) is 85.5 Å². The van der Waals surface area contributed by atoms with Crippen LogP contribution < -0.4 is 43.8 Å². The topological polar surface area (TPSA) is 315 Å². The predicted octanol–water partition coefficient (Wildman–Crippen LogP) is -1.46. The summed E-state index contributed by atoms with van der Waals surface area (Å²) in [6.45, 7) is 7.50. The van der Waals surface area contributed by atoms with E-state index >= 15 is 0 Å². The molecule has 6 atom stereocenters. The van der Waals surface area contributed by atoms with Crippen LogP contribution in [0, 0.1) is 11.8 Å². The number of carbonyl (C=O) groups is 8. The van der Waals surface area contributed by atoms with Crippen LogP contribution in [0.3, 0.4) is 0 Å². The molecule has 0 unspecified atom stereocenters. The molecule has 13 N–H and O–H groups in total. The maximum atomic E-state index is 13.7. The Morgan fingerprint density at radius 3 is 1.57 bits per heavy atom. The van der Waals surface area contributed by atoms with Crippen LogP contribution in [0.15, 0.2) is 0 Å². The third-order valence-corrected chi connectivity index (χ3v) is 8.18. The van der Waals surface area contributed by atoms with Crippen LogP contribution in [0.25, 0.3) is 0 Å². The van der Waals surface area contributed by atoms with Gasteiger partial charge in [0.05, 0.1) is 12.5 Å². The average molecular weight is 747 g/mol. The van der Waals surface area contributed by atoms with Crippen LogP contribution in [0.2, 0.25) is 0 Å². The number of nitrogens with two attached hydrogens (primary N) is 3. The first-order chi connectivity index (χ1) is 23.8. The second kappa shape index (κ2) is 25.1. The lowest BCUT2D eigenvalue weighted by molar-refractivity contribution is -0.142. The first kappa shape index (κ1) is 47.0. The minimum atomic E-state index is -1.56. The Bertz CT molecular complexity index is 1190. The zero-order valence-electron chi connectivity index (χ0n) is 30.2. The summed E-state index contributed by atoms with van der Waals surface area (Å²) in [6, 6.07) is -7.76. The van der Waals surface area contributed by atoms with Gasteiger partial charge in [0, 0.05) is 6.42 Å². The number of primary amides is 1. The molecule has 0 aromatic heterocycles. The van der Waals surface area contributed by atoms with Crippen molar-refractivity contribution >= 4 is 59.1 Å². The van der Waals surface area contributed by atoms with Crippen molar-refractivity contribution in [1.82, 2.24) is 26.6 Å². The molecule has 0 rings (SSSR count). The first-order valence-corrected chi connectivity index (χ1v) is 18.4. The van der Waals surface area contributed by atoms with Gasteiger partial charge in [-0.2, -0.15) is 11.8 Å². The molecular weight excluding hydrogens is 688 g/mol. The van der Waals surface area contributed by atoms with Crippen LogP contribution in [0.5, 0.6) is 0 Å². The van der Waals surface area contributed by atoms with Gasteiger partial charge in [-0.05, 0) is 75.3 Å². The Hall–Kier alpha value is -3.97. The highest BCUT2D eigenvalue weighted by Gasteiger charge is 2.33. The molecule has 0 fully saturated rings. The Balaban J connectivity index is 6.22. The van der Waals surface area contributed by atoms with E-state index in [0.717, 1.165) is 0 Å². The number of hydrogen-bond acceptors (Lipinski definition) is 11. The Morgan fingerprint density at radius 2 is 1.10 bits per heavy atom. The molecule has 0 saturated heterocycles. The van der Waals surface area contributed by atoms with Crippen molar-refractivity contribution < 1.29 is 48.6 Å². The standard InChI is InChI=1S/C32H58N8O10S/c1-17(2)14-19(34)27(44)39-24(16-26(42)43)31(48)40-23(15-18(3)4)30(47)36-20(8-6-7-12-33)28(45)37-21(9-10-25(35)41)29(46)38-22(32(49)50)11-13-51-5/h17-24H,6-16,33-34H2,1-5H3,(H2,35,41)(H,36,47)(H,37,45)(H,38,46)(H,39,44)(H,40,48)(H,42,43)(H,49,50)/t19-,20-,21-,22-,23-,24-/m0/s1. The number of carboxylic acids is 2. The van der Waals surface area contributed by atoms with Gasteiger partial charge in [0.1, 0.15) is 30.2 Å². The largest absolute Gasteiger partial charge is 0.481 e. The first-order valence-electron chi connectivity index (χ1n) is 17.0. The molecule has 0 spiro atoms. The second-order valence-electron chi connectivity index (χ2n) is 13.2. The fraction of sp³-hybridized carbons (Fsp3) is 0.750. The summed E-state index contributed by atoms with van der Waals surface area (Å²) < 4.78 is 0. The van der Waals surface area contributed by atoms with Crippen molar-refractivity contribution in [3.05, 3.63) is 0 Å². The minimum absolute atomic E-state index is 0.0473. The maximum Gasteiger partial charge on any atom is 0.326 e. The molecule has 19 heteroatoms. The lowest BCUT2D eigenvalue weighted by Gasteiger charge is -2.27. The predicted molar refractivity (Wildman–Crippen MR) is 191 cm³/mol. The number of rotatable bonds is 27. The SMILES string of the molecule is CSCC[C@H](NC(=O)[C@H](CCC(N)=O)NC(=O)[C@H](CCCCN)NC(=O)[C@H](CC(C)C)NC(=O)[C@H](CC(=O)O)NC(=O)[C@@H](N)CC(C)C)C(=O)O. The molecule has 6 amide bonds. The molecule has 0 bridgehead atoms. The molecule has 18 nitrogen and oxygen atoms in total. The summed E-state index contributed by atoms with van der Waals surface area (Å²) in [5, 5.41) is 31.3. The lowest BCUT2D eigenvalue weighted by atomic mass is 10.0.